The highest BCUT2D eigenvalue weighted by Crippen LogP contribution is 2.38. The maximum atomic E-state index is 11.7. The summed E-state index contributed by atoms with van der Waals surface area (Å²) < 4.78 is 11.3. The minimum absolute atomic E-state index is 0.253. The summed E-state index contributed by atoms with van der Waals surface area (Å²) in [6, 6.07) is 3.34. The number of methoxy groups -OCH3 is 1. The van der Waals surface area contributed by atoms with Crippen LogP contribution in [0.4, 0.5) is 0 Å². The van der Waals surface area contributed by atoms with Crippen molar-refractivity contribution in [3.8, 4) is 11.5 Å². The number of carbonyl (C=O) groups is 2. The van der Waals surface area contributed by atoms with Gasteiger partial charge in [-0.15, -0.1) is 0 Å². The van der Waals surface area contributed by atoms with E-state index in [2.05, 4.69) is 21.2 Å². The second-order valence-corrected chi connectivity index (χ2v) is 6.64. The minimum atomic E-state index is -1.09. The summed E-state index contributed by atoms with van der Waals surface area (Å²) in [7, 11) is 1.44. The van der Waals surface area contributed by atoms with Crippen molar-refractivity contribution < 1.29 is 24.2 Å². The molecule has 0 bridgehead atoms. The zero-order valence-corrected chi connectivity index (χ0v) is 14.4. The number of rotatable bonds is 5. The average molecular weight is 404 g/mol. The Morgan fingerprint density at radius 2 is 2.27 bits per heavy atom. The first-order chi connectivity index (χ1) is 10.4. The lowest BCUT2D eigenvalue weighted by molar-refractivity contribution is -0.139. The van der Waals surface area contributed by atoms with E-state index in [4.69, 9.17) is 26.8 Å². The molecule has 0 aromatic heterocycles. The highest BCUT2D eigenvalue weighted by Gasteiger charge is 2.22. The van der Waals surface area contributed by atoms with Gasteiger partial charge in [0.1, 0.15) is 4.32 Å². The lowest BCUT2D eigenvalue weighted by atomic mass is 10.2. The standard InChI is InChI=1S/C13H10BrNO5S2/c1-19-8-3-6(4-9-12(18)15-13(21)22-9)2-7(14)11(8)20-5-10(16)17/h2-4H,5H2,1H3,(H,16,17)(H,15,18,21)/b9-4-. The first-order valence-corrected chi connectivity index (χ1v) is 7.89. The summed E-state index contributed by atoms with van der Waals surface area (Å²) in [4.78, 5) is 22.7. The van der Waals surface area contributed by atoms with Crippen LogP contribution in [0.1, 0.15) is 5.56 Å². The lowest BCUT2D eigenvalue weighted by Gasteiger charge is -2.12. The molecule has 1 saturated heterocycles. The summed E-state index contributed by atoms with van der Waals surface area (Å²) in [6.07, 6.45) is 1.66. The number of thioether (sulfide) groups is 1. The Bertz CT molecular complexity index is 689. The van der Waals surface area contributed by atoms with Gasteiger partial charge in [-0.3, -0.25) is 4.79 Å². The van der Waals surface area contributed by atoms with E-state index in [9.17, 15) is 9.59 Å². The van der Waals surface area contributed by atoms with Gasteiger partial charge in [-0.1, -0.05) is 24.0 Å². The molecule has 0 saturated carbocycles. The molecule has 1 aromatic rings. The van der Waals surface area contributed by atoms with Gasteiger partial charge in [0.25, 0.3) is 5.91 Å². The fraction of sp³-hybridized carbons (Fsp3) is 0.154. The van der Waals surface area contributed by atoms with Crippen LogP contribution in [-0.2, 0) is 9.59 Å². The molecular formula is C13H10BrNO5S2. The summed E-state index contributed by atoms with van der Waals surface area (Å²) in [5, 5.41) is 11.2. The quantitative estimate of drug-likeness (QED) is 0.576. The van der Waals surface area contributed by atoms with E-state index in [1.807, 2.05) is 0 Å². The number of aliphatic carboxylic acids is 1. The monoisotopic (exact) mass is 403 g/mol. The number of benzene rings is 1. The molecule has 0 unspecified atom stereocenters. The third-order valence-electron chi connectivity index (χ3n) is 2.53. The van der Waals surface area contributed by atoms with Crippen LogP contribution in [0.3, 0.4) is 0 Å². The molecule has 2 N–H and O–H groups in total. The van der Waals surface area contributed by atoms with Gasteiger partial charge in [0, 0.05) is 0 Å². The van der Waals surface area contributed by atoms with Crippen molar-refractivity contribution in [2.24, 2.45) is 0 Å². The number of hydrogen-bond acceptors (Lipinski definition) is 6. The molecule has 0 atom stereocenters. The fourth-order valence-electron chi connectivity index (χ4n) is 1.67. The topological polar surface area (TPSA) is 84.9 Å². The molecule has 9 heteroatoms. The van der Waals surface area contributed by atoms with Gasteiger partial charge in [0.05, 0.1) is 16.5 Å². The Morgan fingerprint density at radius 1 is 1.55 bits per heavy atom. The van der Waals surface area contributed by atoms with Crippen molar-refractivity contribution in [2.45, 2.75) is 0 Å². The van der Waals surface area contributed by atoms with Crippen LogP contribution < -0.4 is 14.8 Å². The molecule has 1 aromatic carbocycles. The number of halogens is 1. The largest absolute Gasteiger partial charge is 0.493 e. The smallest absolute Gasteiger partial charge is 0.341 e. The molecule has 0 spiro atoms. The number of hydrogen-bond donors (Lipinski definition) is 2. The van der Waals surface area contributed by atoms with Crippen molar-refractivity contribution in [3.63, 3.8) is 0 Å². The van der Waals surface area contributed by atoms with Crippen LogP contribution >= 0.6 is 39.9 Å². The first kappa shape index (κ1) is 16.8. The van der Waals surface area contributed by atoms with Gasteiger partial charge in [0.15, 0.2) is 18.1 Å². The van der Waals surface area contributed by atoms with Crippen molar-refractivity contribution in [2.75, 3.05) is 13.7 Å². The molecule has 0 aliphatic carbocycles. The second kappa shape index (κ2) is 7.12. The van der Waals surface area contributed by atoms with Gasteiger partial charge in [-0.05, 0) is 39.7 Å². The molecule has 116 valence electrons. The Morgan fingerprint density at radius 3 is 2.82 bits per heavy atom. The van der Waals surface area contributed by atoms with E-state index in [-0.39, 0.29) is 11.7 Å². The minimum Gasteiger partial charge on any atom is -0.493 e. The predicted molar refractivity (Wildman–Crippen MR) is 90.1 cm³/mol. The van der Waals surface area contributed by atoms with Crippen LogP contribution in [0.15, 0.2) is 21.5 Å². The van der Waals surface area contributed by atoms with E-state index < -0.39 is 12.6 Å². The normalized spacial score (nSPS) is 15.8. The lowest BCUT2D eigenvalue weighted by Crippen LogP contribution is -2.17. The van der Waals surface area contributed by atoms with Crippen molar-refractivity contribution in [3.05, 3.63) is 27.1 Å². The molecular weight excluding hydrogens is 394 g/mol. The molecule has 1 fully saturated rings. The van der Waals surface area contributed by atoms with E-state index in [0.717, 1.165) is 0 Å². The maximum absolute atomic E-state index is 11.7. The second-order valence-electron chi connectivity index (χ2n) is 4.07. The fourth-order valence-corrected chi connectivity index (χ4v) is 3.29. The van der Waals surface area contributed by atoms with E-state index in [0.29, 0.717) is 25.0 Å². The van der Waals surface area contributed by atoms with E-state index >= 15 is 0 Å². The Kier molecular flexibility index (Phi) is 5.43. The van der Waals surface area contributed by atoms with Gasteiger partial charge < -0.3 is 19.9 Å². The third kappa shape index (κ3) is 3.99. The predicted octanol–water partition coefficient (Wildman–Crippen LogP) is 2.41. The third-order valence-corrected chi connectivity index (χ3v) is 4.28. The number of amides is 1. The maximum Gasteiger partial charge on any atom is 0.341 e. The van der Waals surface area contributed by atoms with Crippen LogP contribution in [-0.4, -0.2) is 35.0 Å². The zero-order chi connectivity index (χ0) is 16.3. The first-order valence-electron chi connectivity index (χ1n) is 5.87. The zero-order valence-electron chi connectivity index (χ0n) is 11.2. The summed E-state index contributed by atoms with van der Waals surface area (Å²) in [6.45, 7) is -0.484. The Labute approximate surface area is 144 Å². The van der Waals surface area contributed by atoms with E-state index in [1.54, 1.807) is 18.2 Å². The van der Waals surface area contributed by atoms with Crippen LogP contribution in [0.2, 0.25) is 0 Å². The van der Waals surface area contributed by atoms with Gasteiger partial charge in [-0.2, -0.15) is 0 Å². The molecule has 1 aliphatic heterocycles. The SMILES string of the molecule is COc1cc(/C=C2\SC(=S)NC2=O)cc(Br)c1OCC(=O)O. The van der Waals surface area contributed by atoms with Gasteiger partial charge in [0.2, 0.25) is 0 Å². The molecule has 22 heavy (non-hydrogen) atoms. The summed E-state index contributed by atoms with van der Waals surface area (Å²) in [5.74, 6) is -0.705. The molecule has 6 nitrogen and oxygen atoms in total. The summed E-state index contributed by atoms with van der Waals surface area (Å²) in [5.41, 5.74) is 0.689. The van der Waals surface area contributed by atoms with Crippen molar-refractivity contribution in [1.29, 1.82) is 0 Å². The molecule has 0 radical (unpaired) electrons. The van der Waals surface area contributed by atoms with Crippen molar-refractivity contribution in [1.82, 2.24) is 5.32 Å². The van der Waals surface area contributed by atoms with Gasteiger partial charge >= 0.3 is 5.97 Å². The molecule has 1 aliphatic rings. The van der Waals surface area contributed by atoms with Crippen LogP contribution in [0.5, 0.6) is 11.5 Å². The number of ether oxygens (including phenoxy) is 2. The molecule has 1 heterocycles. The number of carboxylic acids is 1. The van der Waals surface area contributed by atoms with Crippen LogP contribution in [0.25, 0.3) is 6.08 Å². The molecule has 1 amide bonds. The number of nitrogens with one attached hydrogen (secondary N) is 1. The Hall–Kier alpha value is -1.58. The number of thiocarbonyl (C=S) groups is 1. The highest BCUT2D eigenvalue weighted by atomic mass is 79.9. The van der Waals surface area contributed by atoms with Gasteiger partial charge in [-0.25, -0.2) is 4.79 Å². The number of carbonyl (C=O) groups excluding carboxylic acids is 1. The Balaban J connectivity index is 2.33. The van der Waals surface area contributed by atoms with Crippen molar-refractivity contribution >= 4 is 62.2 Å². The average Bonchev–Trinajstić information content (AvgIpc) is 2.74. The summed E-state index contributed by atoms with van der Waals surface area (Å²) >= 11 is 9.40. The van der Waals surface area contributed by atoms with Crippen LogP contribution in [0, 0.1) is 0 Å². The molecule has 2 rings (SSSR count). The highest BCUT2D eigenvalue weighted by molar-refractivity contribution is 9.10. The van der Waals surface area contributed by atoms with E-state index in [1.165, 1.54) is 18.9 Å². The number of carboxylic acid groups (broad SMARTS) is 1.